The van der Waals surface area contributed by atoms with E-state index in [1.807, 2.05) is 6.20 Å². The molecule has 0 saturated carbocycles. The van der Waals surface area contributed by atoms with E-state index in [0.29, 0.717) is 6.04 Å². The third kappa shape index (κ3) is 2.40. The molecule has 0 spiro atoms. The molecule has 0 bridgehead atoms. The molecule has 0 aliphatic carbocycles. The molecule has 15 heavy (non-hydrogen) atoms. The normalized spacial score (nSPS) is 22.2. The van der Waals surface area contributed by atoms with Crippen molar-refractivity contribution in [3.05, 3.63) is 17.5 Å². The van der Waals surface area contributed by atoms with Gasteiger partial charge in [0.2, 0.25) is 0 Å². The summed E-state index contributed by atoms with van der Waals surface area (Å²) in [5.41, 5.74) is 2.86. The van der Waals surface area contributed by atoms with Crippen LogP contribution in [0, 0.1) is 0 Å². The van der Waals surface area contributed by atoms with Crippen molar-refractivity contribution in [3.8, 4) is 0 Å². The number of aromatic nitrogens is 2. The van der Waals surface area contributed by atoms with Gasteiger partial charge in [-0.1, -0.05) is 20.8 Å². The summed E-state index contributed by atoms with van der Waals surface area (Å²) in [6.45, 7) is 7.89. The van der Waals surface area contributed by atoms with E-state index in [4.69, 9.17) is 0 Å². The van der Waals surface area contributed by atoms with E-state index in [1.54, 1.807) is 0 Å². The predicted octanol–water partition coefficient (Wildman–Crippen LogP) is 2.00. The van der Waals surface area contributed by atoms with Crippen molar-refractivity contribution in [1.29, 1.82) is 0 Å². The maximum atomic E-state index is 4.18. The van der Waals surface area contributed by atoms with Gasteiger partial charge in [0.05, 0.1) is 6.20 Å². The fourth-order valence-electron chi connectivity index (χ4n) is 2.29. The third-order valence-corrected chi connectivity index (χ3v) is 3.14. The largest absolute Gasteiger partial charge is 0.314 e. The molecular weight excluding hydrogens is 186 g/mol. The first-order chi connectivity index (χ1) is 7.07. The molecule has 0 radical (unpaired) electrons. The van der Waals surface area contributed by atoms with Crippen LogP contribution in [0.2, 0.25) is 0 Å². The van der Waals surface area contributed by atoms with Gasteiger partial charge in [0, 0.05) is 18.2 Å². The monoisotopic (exact) mass is 207 g/mol. The molecule has 1 saturated heterocycles. The van der Waals surface area contributed by atoms with Crippen LogP contribution in [-0.2, 0) is 11.8 Å². The highest BCUT2D eigenvalue weighted by Crippen LogP contribution is 2.25. The standard InChI is InChI=1S/C12H21N3/c1-12(2,3)10-8-14-15-11(10)7-9-5-4-6-13-9/h8-9,13H,4-7H2,1-3H3,(H,14,15). The Kier molecular flexibility index (Phi) is 2.83. The zero-order valence-corrected chi connectivity index (χ0v) is 9.93. The molecule has 1 aliphatic rings. The van der Waals surface area contributed by atoms with Crippen molar-refractivity contribution in [2.45, 2.75) is 51.5 Å². The quantitative estimate of drug-likeness (QED) is 0.778. The average molecular weight is 207 g/mol. The van der Waals surface area contributed by atoms with Gasteiger partial charge in [-0.05, 0) is 30.4 Å². The molecule has 1 fully saturated rings. The third-order valence-electron chi connectivity index (χ3n) is 3.14. The molecule has 1 aromatic rings. The van der Waals surface area contributed by atoms with E-state index >= 15 is 0 Å². The molecule has 0 amide bonds. The van der Waals surface area contributed by atoms with Gasteiger partial charge in [0.1, 0.15) is 0 Å². The Balaban J connectivity index is 2.11. The molecule has 1 aliphatic heterocycles. The van der Waals surface area contributed by atoms with Gasteiger partial charge < -0.3 is 5.32 Å². The van der Waals surface area contributed by atoms with Gasteiger partial charge in [-0.25, -0.2) is 0 Å². The smallest absolute Gasteiger partial charge is 0.0527 e. The molecule has 3 nitrogen and oxygen atoms in total. The first kappa shape index (κ1) is 10.7. The van der Waals surface area contributed by atoms with Gasteiger partial charge in [-0.2, -0.15) is 5.10 Å². The number of hydrogen-bond acceptors (Lipinski definition) is 2. The lowest BCUT2D eigenvalue weighted by Gasteiger charge is -2.19. The fraction of sp³-hybridized carbons (Fsp3) is 0.750. The number of rotatable bonds is 2. The Labute approximate surface area is 91.7 Å². The molecule has 2 heterocycles. The number of H-pyrrole nitrogens is 1. The molecule has 2 N–H and O–H groups in total. The summed E-state index contributed by atoms with van der Waals surface area (Å²) in [4.78, 5) is 0. The molecule has 1 atom stereocenters. The van der Waals surface area contributed by atoms with E-state index in [0.717, 1.165) is 6.42 Å². The first-order valence-electron chi connectivity index (χ1n) is 5.83. The zero-order chi connectivity index (χ0) is 10.9. The lowest BCUT2D eigenvalue weighted by Crippen LogP contribution is -2.25. The summed E-state index contributed by atoms with van der Waals surface area (Å²) in [5, 5.41) is 10.9. The molecule has 2 rings (SSSR count). The van der Waals surface area contributed by atoms with Crippen molar-refractivity contribution in [2.75, 3.05) is 6.54 Å². The lowest BCUT2D eigenvalue weighted by molar-refractivity contribution is 0.555. The van der Waals surface area contributed by atoms with Crippen molar-refractivity contribution in [2.24, 2.45) is 0 Å². The van der Waals surface area contributed by atoms with E-state index in [-0.39, 0.29) is 5.41 Å². The minimum absolute atomic E-state index is 0.195. The van der Waals surface area contributed by atoms with Crippen LogP contribution in [0.25, 0.3) is 0 Å². The van der Waals surface area contributed by atoms with Crippen molar-refractivity contribution in [3.63, 3.8) is 0 Å². The molecule has 3 heteroatoms. The predicted molar refractivity (Wildman–Crippen MR) is 62.0 cm³/mol. The SMILES string of the molecule is CC(C)(C)c1cn[nH]c1CC1CCCN1. The maximum absolute atomic E-state index is 4.18. The van der Waals surface area contributed by atoms with Gasteiger partial charge in [0.15, 0.2) is 0 Å². The Morgan fingerprint density at radius 3 is 2.87 bits per heavy atom. The van der Waals surface area contributed by atoms with Crippen molar-refractivity contribution >= 4 is 0 Å². The van der Waals surface area contributed by atoms with E-state index in [9.17, 15) is 0 Å². The van der Waals surface area contributed by atoms with Crippen LogP contribution >= 0.6 is 0 Å². The highest BCUT2D eigenvalue weighted by molar-refractivity contribution is 5.25. The van der Waals surface area contributed by atoms with E-state index in [1.165, 1.54) is 30.6 Å². The van der Waals surface area contributed by atoms with E-state index in [2.05, 4.69) is 36.3 Å². The topological polar surface area (TPSA) is 40.7 Å². The molecular formula is C12H21N3. The van der Waals surface area contributed by atoms with Crippen LogP contribution in [-0.4, -0.2) is 22.8 Å². The molecule has 1 aromatic heterocycles. The molecule has 1 unspecified atom stereocenters. The van der Waals surface area contributed by atoms with Crippen molar-refractivity contribution < 1.29 is 0 Å². The van der Waals surface area contributed by atoms with Crippen molar-refractivity contribution in [1.82, 2.24) is 15.5 Å². The highest BCUT2D eigenvalue weighted by atomic mass is 15.1. The average Bonchev–Trinajstić information content (AvgIpc) is 2.73. The van der Waals surface area contributed by atoms with Crippen LogP contribution in [0.3, 0.4) is 0 Å². The lowest BCUT2D eigenvalue weighted by atomic mass is 9.86. The van der Waals surface area contributed by atoms with Crippen LogP contribution < -0.4 is 5.32 Å². The Bertz CT molecular complexity index is 316. The highest BCUT2D eigenvalue weighted by Gasteiger charge is 2.22. The second kappa shape index (κ2) is 3.97. The van der Waals surface area contributed by atoms with Gasteiger partial charge in [0.25, 0.3) is 0 Å². The summed E-state index contributed by atoms with van der Waals surface area (Å²) in [6.07, 6.45) is 5.67. The fourth-order valence-corrected chi connectivity index (χ4v) is 2.29. The Hall–Kier alpha value is -0.830. The number of nitrogens with one attached hydrogen (secondary N) is 2. The van der Waals surface area contributed by atoms with Gasteiger partial charge >= 0.3 is 0 Å². The number of nitrogens with zero attached hydrogens (tertiary/aromatic N) is 1. The van der Waals surface area contributed by atoms with Crippen LogP contribution in [0.5, 0.6) is 0 Å². The minimum Gasteiger partial charge on any atom is -0.314 e. The Morgan fingerprint density at radius 1 is 1.47 bits per heavy atom. The maximum Gasteiger partial charge on any atom is 0.0527 e. The van der Waals surface area contributed by atoms with Crippen LogP contribution in [0.1, 0.15) is 44.9 Å². The zero-order valence-electron chi connectivity index (χ0n) is 9.93. The summed E-state index contributed by atoms with van der Waals surface area (Å²) in [7, 11) is 0. The van der Waals surface area contributed by atoms with Gasteiger partial charge in [-0.3, -0.25) is 5.10 Å². The number of aromatic amines is 1. The summed E-state index contributed by atoms with van der Waals surface area (Å²) >= 11 is 0. The molecule has 0 aromatic carbocycles. The first-order valence-corrected chi connectivity index (χ1v) is 5.83. The minimum atomic E-state index is 0.195. The van der Waals surface area contributed by atoms with Gasteiger partial charge in [-0.15, -0.1) is 0 Å². The Morgan fingerprint density at radius 2 is 2.27 bits per heavy atom. The molecule has 84 valence electrons. The van der Waals surface area contributed by atoms with Crippen LogP contribution in [0.15, 0.2) is 6.20 Å². The summed E-state index contributed by atoms with van der Waals surface area (Å²) in [6, 6.07) is 0.645. The second-order valence-corrected chi connectivity index (χ2v) is 5.51. The second-order valence-electron chi connectivity index (χ2n) is 5.51. The van der Waals surface area contributed by atoms with Crippen LogP contribution in [0.4, 0.5) is 0 Å². The number of hydrogen-bond donors (Lipinski definition) is 2. The summed E-state index contributed by atoms with van der Waals surface area (Å²) < 4.78 is 0. The summed E-state index contributed by atoms with van der Waals surface area (Å²) in [5.74, 6) is 0. The van der Waals surface area contributed by atoms with E-state index < -0.39 is 0 Å².